The first-order chi connectivity index (χ1) is 8.45. The summed E-state index contributed by atoms with van der Waals surface area (Å²) in [5.74, 6) is -0.407. The molecule has 6 nitrogen and oxygen atoms in total. The molecule has 7 heteroatoms. The van der Waals surface area contributed by atoms with Gasteiger partial charge in [0.2, 0.25) is 0 Å². The van der Waals surface area contributed by atoms with E-state index in [1.807, 2.05) is 0 Å². The molecule has 2 unspecified atom stereocenters. The number of non-ortho nitro benzene ring substituents is 1. The van der Waals surface area contributed by atoms with Crippen LogP contribution in [0, 0.1) is 10.1 Å². The van der Waals surface area contributed by atoms with Crippen molar-refractivity contribution in [1.29, 1.82) is 0 Å². The standard InChI is InChI=1S/C11H14AsNO5/c1-2-18-10-4-3-8(13(16)17)5-7(10)6-9(12)11(14)15/h3-5,9H,2,6,12H2,1H3,(H,14,15). The zero-order valence-corrected chi connectivity index (χ0v) is 12.3. The van der Waals surface area contributed by atoms with Gasteiger partial charge in [0.05, 0.1) is 0 Å². The van der Waals surface area contributed by atoms with Gasteiger partial charge >= 0.3 is 112 Å². The number of ether oxygens (including phenoxy) is 1. The molecule has 0 aliphatic rings. The zero-order chi connectivity index (χ0) is 13.7. The van der Waals surface area contributed by atoms with Crippen molar-refractivity contribution in [3.8, 4) is 5.75 Å². The number of nitrogens with zero attached hydrogens (tertiary/aromatic N) is 1. The quantitative estimate of drug-likeness (QED) is 0.481. The number of nitro groups is 1. The van der Waals surface area contributed by atoms with Crippen molar-refractivity contribution >= 4 is 28.5 Å². The number of benzene rings is 1. The Morgan fingerprint density at radius 1 is 1.61 bits per heavy atom. The van der Waals surface area contributed by atoms with Gasteiger partial charge in [-0.25, -0.2) is 0 Å². The van der Waals surface area contributed by atoms with Crippen molar-refractivity contribution in [2.45, 2.75) is 18.1 Å². The van der Waals surface area contributed by atoms with Gasteiger partial charge in [-0.15, -0.1) is 0 Å². The summed E-state index contributed by atoms with van der Waals surface area (Å²) in [6.45, 7) is 2.23. The van der Waals surface area contributed by atoms with E-state index >= 15 is 0 Å². The van der Waals surface area contributed by atoms with Gasteiger partial charge in [-0.1, -0.05) is 0 Å². The van der Waals surface area contributed by atoms with E-state index in [4.69, 9.17) is 9.84 Å². The molecule has 1 aromatic rings. The summed E-state index contributed by atoms with van der Waals surface area (Å²) >= 11 is 1.07. The fourth-order valence-electron chi connectivity index (χ4n) is 1.46. The van der Waals surface area contributed by atoms with Gasteiger partial charge in [0.25, 0.3) is 0 Å². The van der Waals surface area contributed by atoms with Crippen LogP contribution in [0.1, 0.15) is 12.5 Å². The number of hydrogen-bond acceptors (Lipinski definition) is 4. The molecule has 1 N–H and O–H groups in total. The minimum absolute atomic E-state index is 0.0569. The van der Waals surface area contributed by atoms with Crippen molar-refractivity contribution in [2.75, 3.05) is 6.61 Å². The summed E-state index contributed by atoms with van der Waals surface area (Å²) in [5.41, 5.74) is 0.501. The third-order valence-corrected chi connectivity index (χ3v) is 3.40. The van der Waals surface area contributed by atoms with Crippen LogP contribution in [0.2, 0.25) is 4.71 Å². The van der Waals surface area contributed by atoms with E-state index < -0.39 is 15.6 Å². The predicted octanol–water partition coefficient (Wildman–Crippen LogP) is 1.04. The Morgan fingerprint density at radius 3 is 2.78 bits per heavy atom. The molecule has 0 radical (unpaired) electrons. The Labute approximate surface area is 113 Å². The van der Waals surface area contributed by atoms with E-state index in [0.717, 1.165) is 16.9 Å². The molecule has 2 atom stereocenters. The number of rotatable bonds is 6. The van der Waals surface area contributed by atoms with Crippen molar-refractivity contribution in [3.05, 3.63) is 33.9 Å². The second-order valence-corrected chi connectivity index (χ2v) is 5.32. The van der Waals surface area contributed by atoms with E-state index in [-0.39, 0.29) is 12.1 Å². The molecule has 98 valence electrons. The summed E-state index contributed by atoms with van der Waals surface area (Å²) in [6.07, 6.45) is 0.229. The Hall–Kier alpha value is -1.55. The van der Waals surface area contributed by atoms with Crippen molar-refractivity contribution < 1.29 is 19.6 Å². The zero-order valence-electron chi connectivity index (χ0n) is 9.83. The molecule has 0 aromatic heterocycles. The van der Waals surface area contributed by atoms with E-state index in [1.165, 1.54) is 18.2 Å². The first-order valence-electron chi connectivity index (χ1n) is 5.34. The van der Waals surface area contributed by atoms with Gasteiger partial charge in [0.15, 0.2) is 0 Å². The maximum atomic E-state index is 10.8. The van der Waals surface area contributed by atoms with Crippen LogP contribution in [0.15, 0.2) is 18.2 Å². The van der Waals surface area contributed by atoms with Gasteiger partial charge in [0, 0.05) is 0 Å². The van der Waals surface area contributed by atoms with Crippen LogP contribution in [0.3, 0.4) is 0 Å². The Bertz CT molecular complexity index is 463. The van der Waals surface area contributed by atoms with Gasteiger partial charge in [0.1, 0.15) is 0 Å². The second-order valence-electron chi connectivity index (χ2n) is 3.63. The summed E-state index contributed by atoms with van der Waals surface area (Å²) in [4.78, 5) is 21.0. The fourth-order valence-corrected chi connectivity index (χ4v) is 1.99. The third-order valence-electron chi connectivity index (χ3n) is 2.31. The van der Waals surface area contributed by atoms with Crippen LogP contribution in [-0.2, 0) is 11.2 Å². The van der Waals surface area contributed by atoms with E-state index in [1.54, 1.807) is 6.92 Å². The average molecular weight is 315 g/mol. The van der Waals surface area contributed by atoms with E-state index in [9.17, 15) is 14.9 Å². The van der Waals surface area contributed by atoms with Gasteiger partial charge in [-0.05, 0) is 0 Å². The first-order valence-corrected chi connectivity index (χ1v) is 6.74. The Kier molecular flexibility index (Phi) is 5.16. The van der Waals surface area contributed by atoms with Crippen molar-refractivity contribution in [1.82, 2.24) is 0 Å². The SMILES string of the molecule is CCOc1ccc([N+](=O)[O-])cc1CC([AsH2])C(=O)O. The van der Waals surface area contributed by atoms with Gasteiger partial charge in [-0.3, -0.25) is 0 Å². The van der Waals surface area contributed by atoms with Crippen molar-refractivity contribution in [2.24, 2.45) is 0 Å². The molecule has 1 rings (SSSR count). The molecule has 0 aliphatic heterocycles. The summed E-state index contributed by atoms with van der Waals surface area (Å²) in [7, 11) is 0. The fraction of sp³-hybridized carbons (Fsp3) is 0.364. The molecule has 0 saturated heterocycles. The predicted molar refractivity (Wildman–Crippen MR) is 67.9 cm³/mol. The summed E-state index contributed by atoms with van der Waals surface area (Å²) in [6, 6.07) is 4.24. The molecule has 0 bridgehead atoms. The molecule has 0 saturated carbocycles. The van der Waals surface area contributed by atoms with Crippen LogP contribution in [0.25, 0.3) is 0 Å². The number of carboxylic acid groups (broad SMARTS) is 1. The molecule has 0 heterocycles. The molecule has 0 spiro atoms. The molecular formula is C11H14AsNO5. The topological polar surface area (TPSA) is 89.7 Å². The molecular weight excluding hydrogens is 301 g/mol. The number of aliphatic carboxylic acids is 1. The number of carbonyl (C=O) groups is 1. The maximum absolute atomic E-state index is 10.8. The Balaban J connectivity index is 3.06. The minimum atomic E-state index is -0.913. The van der Waals surface area contributed by atoms with E-state index in [2.05, 4.69) is 0 Å². The van der Waals surface area contributed by atoms with Gasteiger partial charge in [-0.2, -0.15) is 0 Å². The number of hydrogen-bond donors (Lipinski definition) is 1. The van der Waals surface area contributed by atoms with Crippen LogP contribution in [0.4, 0.5) is 5.69 Å². The third kappa shape index (κ3) is 3.74. The second kappa shape index (κ2) is 6.40. The molecule has 0 aliphatic carbocycles. The summed E-state index contributed by atoms with van der Waals surface area (Å²) < 4.78 is 4.79. The van der Waals surface area contributed by atoms with Gasteiger partial charge < -0.3 is 0 Å². The first kappa shape index (κ1) is 14.5. The van der Waals surface area contributed by atoms with Crippen LogP contribution < -0.4 is 4.74 Å². The van der Waals surface area contributed by atoms with Crippen molar-refractivity contribution in [3.63, 3.8) is 0 Å². The van der Waals surface area contributed by atoms with Crippen LogP contribution in [0.5, 0.6) is 5.75 Å². The number of carboxylic acids is 1. The van der Waals surface area contributed by atoms with E-state index in [0.29, 0.717) is 17.9 Å². The van der Waals surface area contributed by atoms with Crippen LogP contribution in [-0.4, -0.2) is 39.5 Å². The normalized spacial score (nSPS) is 11.9. The molecule has 1 aromatic carbocycles. The molecule has 0 amide bonds. The number of nitro benzene ring substituents is 1. The molecule has 18 heavy (non-hydrogen) atoms. The average Bonchev–Trinajstić information content (AvgIpc) is 2.31. The summed E-state index contributed by atoms with van der Waals surface area (Å²) in [5, 5.41) is 19.6. The van der Waals surface area contributed by atoms with Crippen LogP contribution >= 0.6 is 0 Å². The Morgan fingerprint density at radius 2 is 2.28 bits per heavy atom. The molecule has 0 fully saturated rings. The monoisotopic (exact) mass is 315 g/mol.